The number of aryl methyl sites for hydroxylation is 1. The van der Waals surface area contributed by atoms with E-state index in [4.69, 9.17) is 16.3 Å². The predicted octanol–water partition coefficient (Wildman–Crippen LogP) is 4.15. The maximum Gasteiger partial charge on any atom is 0.244 e. The van der Waals surface area contributed by atoms with E-state index in [0.29, 0.717) is 17.2 Å². The molecule has 0 radical (unpaired) electrons. The van der Waals surface area contributed by atoms with Gasteiger partial charge >= 0.3 is 0 Å². The van der Waals surface area contributed by atoms with Crippen molar-refractivity contribution in [2.24, 2.45) is 0 Å². The average molecular weight is 538 g/mol. The summed E-state index contributed by atoms with van der Waals surface area (Å²) in [5, 5.41) is 3.32. The van der Waals surface area contributed by atoms with Crippen LogP contribution < -0.4 is 14.4 Å². The van der Waals surface area contributed by atoms with Crippen LogP contribution in [0.3, 0.4) is 0 Å². The van der Waals surface area contributed by atoms with Gasteiger partial charge in [-0.2, -0.15) is 0 Å². The van der Waals surface area contributed by atoms with E-state index in [-0.39, 0.29) is 18.1 Å². The second kappa shape index (κ2) is 12.0. The van der Waals surface area contributed by atoms with Gasteiger partial charge in [-0.05, 0) is 69.5 Å². The lowest BCUT2D eigenvalue weighted by Crippen LogP contribution is -2.55. The molecular weight excluding hydrogens is 502 g/mol. The van der Waals surface area contributed by atoms with E-state index in [1.165, 1.54) is 11.0 Å². The van der Waals surface area contributed by atoms with Crippen molar-refractivity contribution < 1.29 is 22.7 Å². The number of ether oxygens (including phenoxy) is 1. The molecular formula is C26H36ClN3O5S. The number of hydrogen-bond donors (Lipinski definition) is 1. The lowest BCUT2D eigenvalue weighted by Gasteiger charge is -2.34. The van der Waals surface area contributed by atoms with E-state index in [1.807, 2.05) is 33.8 Å². The number of anilines is 1. The van der Waals surface area contributed by atoms with Crippen molar-refractivity contribution in [3.05, 3.63) is 58.6 Å². The molecule has 10 heteroatoms. The number of methoxy groups -OCH3 is 1. The number of nitrogens with zero attached hydrogens (tertiary/aromatic N) is 2. The Bertz CT molecular complexity index is 1190. The first-order valence-electron chi connectivity index (χ1n) is 11.6. The molecule has 2 aromatic carbocycles. The van der Waals surface area contributed by atoms with Gasteiger partial charge in [0.1, 0.15) is 18.3 Å². The van der Waals surface area contributed by atoms with E-state index in [9.17, 15) is 18.0 Å². The molecule has 1 atom stereocenters. The number of hydrogen-bond acceptors (Lipinski definition) is 5. The Kier molecular flexibility index (Phi) is 9.79. The summed E-state index contributed by atoms with van der Waals surface area (Å²) >= 11 is 6.24. The van der Waals surface area contributed by atoms with Crippen LogP contribution in [-0.2, 0) is 26.2 Å². The number of nitrogens with one attached hydrogen (secondary N) is 1. The summed E-state index contributed by atoms with van der Waals surface area (Å²) in [7, 11) is -2.29. The Balaban J connectivity index is 2.49. The molecule has 2 aromatic rings. The van der Waals surface area contributed by atoms with E-state index in [2.05, 4.69) is 5.32 Å². The predicted molar refractivity (Wildman–Crippen MR) is 144 cm³/mol. The molecule has 0 heterocycles. The fourth-order valence-electron chi connectivity index (χ4n) is 3.69. The lowest BCUT2D eigenvalue weighted by atomic mass is 10.1. The van der Waals surface area contributed by atoms with Gasteiger partial charge in [-0.15, -0.1) is 0 Å². The highest BCUT2D eigenvalue weighted by Crippen LogP contribution is 2.26. The molecule has 0 bridgehead atoms. The molecule has 0 aliphatic rings. The molecule has 0 unspecified atom stereocenters. The Labute approximate surface area is 219 Å². The van der Waals surface area contributed by atoms with Crippen molar-refractivity contribution in [3.63, 3.8) is 0 Å². The van der Waals surface area contributed by atoms with Crippen molar-refractivity contribution in [2.45, 2.75) is 59.2 Å². The van der Waals surface area contributed by atoms with Gasteiger partial charge in [-0.1, -0.05) is 36.7 Å². The molecule has 8 nitrogen and oxygen atoms in total. The van der Waals surface area contributed by atoms with Crippen LogP contribution in [0.1, 0.15) is 45.2 Å². The highest BCUT2D eigenvalue weighted by atomic mass is 35.5. The largest absolute Gasteiger partial charge is 0.497 e. The van der Waals surface area contributed by atoms with Crippen LogP contribution in [0.15, 0.2) is 42.5 Å². The number of carbonyl (C=O) groups is 2. The number of amides is 2. The number of benzene rings is 2. The van der Waals surface area contributed by atoms with Gasteiger partial charge in [0.15, 0.2) is 0 Å². The fourth-order valence-corrected chi connectivity index (χ4v) is 4.71. The molecule has 0 fully saturated rings. The number of rotatable bonds is 10. The summed E-state index contributed by atoms with van der Waals surface area (Å²) in [5.74, 6) is -0.222. The second-order valence-electron chi connectivity index (χ2n) is 9.74. The molecule has 0 spiro atoms. The highest BCUT2D eigenvalue weighted by Gasteiger charge is 2.33. The first-order valence-corrected chi connectivity index (χ1v) is 13.9. The second-order valence-corrected chi connectivity index (χ2v) is 12.1. The summed E-state index contributed by atoms with van der Waals surface area (Å²) in [6.07, 6.45) is 1.37. The molecule has 0 saturated heterocycles. The van der Waals surface area contributed by atoms with Crippen LogP contribution in [0.4, 0.5) is 5.69 Å². The molecule has 0 saturated carbocycles. The summed E-state index contributed by atoms with van der Waals surface area (Å²) in [5.41, 5.74) is 1.29. The van der Waals surface area contributed by atoms with Gasteiger partial charge in [0.2, 0.25) is 21.8 Å². The first kappa shape index (κ1) is 29.5. The monoisotopic (exact) mass is 537 g/mol. The van der Waals surface area contributed by atoms with E-state index in [1.54, 1.807) is 44.4 Å². The highest BCUT2D eigenvalue weighted by molar-refractivity contribution is 7.92. The third-order valence-corrected chi connectivity index (χ3v) is 7.04. The van der Waals surface area contributed by atoms with Crippen LogP contribution in [-0.4, -0.2) is 56.6 Å². The summed E-state index contributed by atoms with van der Waals surface area (Å²) < 4.78 is 31.7. The molecule has 198 valence electrons. The van der Waals surface area contributed by atoms with Crippen molar-refractivity contribution in [3.8, 4) is 5.75 Å². The maximum absolute atomic E-state index is 13.7. The normalized spacial score (nSPS) is 12.6. The van der Waals surface area contributed by atoms with E-state index < -0.39 is 34.1 Å². The minimum absolute atomic E-state index is 0.0956. The fraction of sp³-hybridized carbons (Fsp3) is 0.462. The first-order chi connectivity index (χ1) is 16.7. The molecule has 0 aliphatic carbocycles. The molecule has 36 heavy (non-hydrogen) atoms. The Morgan fingerprint density at radius 3 is 2.33 bits per heavy atom. The average Bonchev–Trinajstić information content (AvgIpc) is 2.77. The van der Waals surface area contributed by atoms with Crippen molar-refractivity contribution in [2.75, 3.05) is 24.2 Å². The van der Waals surface area contributed by atoms with Gasteiger partial charge in [-0.3, -0.25) is 13.9 Å². The zero-order valence-corrected chi connectivity index (χ0v) is 23.5. The van der Waals surface area contributed by atoms with Gasteiger partial charge in [0.25, 0.3) is 0 Å². The minimum Gasteiger partial charge on any atom is -0.497 e. The zero-order valence-electron chi connectivity index (χ0n) is 22.0. The molecule has 2 rings (SSSR count). The van der Waals surface area contributed by atoms with Crippen LogP contribution in [0.25, 0.3) is 0 Å². The Hall–Kier alpha value is -2.78. The van der Waals surface area contributed by atoms with Crippen LogP contribution in [0.5, 0.6) is 5.75 Å². The van der Waals surface area contributed by atoms with Crippen LogP contribution in [0.2, 0.25) is 5.02 Å². The third kappa shape index (κ3) is 8.13. The SMILES string of the molecule is CC[C@@H](C(=O)NC(C)(C)C)N(Cc1cccc(OC)c1)C(=O)CN(c1ccc(C)c(Cl)c1)S(C)(=O)=O. The van der Waals surface area contributed by atoms with Gasteiger partial charge in [-0.25, -0.2) is 8.42 Å². The third-order valence-electron chi connectivity index (χ3n) is 5.49. The smallest absolute Gasteiger partial charge is 0.244 e. The van der Waals surface area contributed by atoms with Gasteiger partial charge < -0.3 is 15.0 Å². The van der Waals surface area contributed by atoms with Crippen molar-refractivity contribution >= 4 is 39.1 Å². The molecule has 2 amide bonds. The van der Waals surface area contributed by atoms with E-state index >= 15 is 0 Å². The summed E-state index contributed by atoms with van der Waals surface area (Å²) in [4.78, 5) is 28.4. The zero-order chi connectivity index (χ0) is 27.3. The van der Waals surface area contributed by atoms with E-state index in [0.717, 1.165) is 21.7 Å². The number of sulfonamides is 1. The number of halogens is 1. The quantitative estimate of drug-likeness (QED) is 0.491. The van der Waals surface area contributed by atoms with Gasteiger partial charge in [0.05, 0.1) is 19.1 Å². The van der Waals surface area contributed by atoms with Crippen molar-refractivity contribution in [1.82, 2.24) is 10.2 Å². The summed E-state index contributed by atoms with van der Waals surface area (Å²) in [6, 6.07) is 11.2. The topological polar surface area (TPSA) is 96.0 Å². The van der Waals surface area contributed by atoms with Gasteiger partial charge in [0, 0.05) is 17.1 Å². The van der Waals surface area contributed by atoms with Crippen molar-refractivity contribution in [1.29, 1.82) is 0 Å². The van der Waals surface area contributed by atoms with Crippen LogP contribution in [0, 0.1) is 6.92 Å². The Morgan fingerprint density at radius 2 is 1.81 bits per heavy atom. The Morgan fingerprint density at radius 1 is 1.14 bits per heavy atom. The standard InChI is InChI=1S/C26H36ClN3O5S/c1-8-23(25(32)28-26(3,4)5)29(16-19-10-9-11-21(14-19)35-6)24(31)17-30(36(7,33)34)20-13-12-18(2)22(27)15-20/h9-15,23H,8,16-17H2,1-7H3,(H,28,32)/t23-/m0/s1. The lowest BCUT2D eigenvalue weighted by molar-refractivity contribution is -0.141. The summed E-state index contributed by atoms with van der Waals surface area (Å²) in [6.45, 7) is 8.80. The van der Waals surface area contributed by atoms with Crippen LogP contribution >= 0.6 is 11.6 Å². The minimum atomic E-state index is -3.83. The maximum atomic E-state index is 13.7. The molecule has 0 aliphatic heterocycles. The number of carbonyl (C=O) groups excluding carboxylic acids is 2. The molecule has 0 aromatic heterocycles. The molecule has 1 N–H and O–H groups in total.